The van der Waals surface area contributed by atoms with Gasteiger partial charge in [0.1, 0.15) is 17.4 Å². The Hall–Kier alpha value is -3.14. The van der Waals surface area contributed by atoms with E-state index >= 15 is 0 Å². The number of aromatic nitrogens is 2. The standard InChI is InChI=1S/C19H25FN4O5/c1-12(2)10-24-17(21)16(18(26)22-19(24)27)23(8-9-28-3)15(25)11-29-14-6-4-13(20)5-7-14/h4-7,12H,8-11,21H2,1-3H3,(H,22,26,27). The lowest BCUT2D eigenvalue weighted by molar-refractivity contribution is -0.120. The van der Waals surface area contributed by atoms with Gasteiger partial charge < -0.3 is 15.2 Å². The molecule has 0 fully saturated rings. The van der Waals surface area contributed by atoms with Crippen LogP contribution in [0.5, 0.6) is 5.75 Å². The summed E-state index contributed by atoms with van der Waals surface area (Å²) in [4.78, 5) is 40.7. The van der Waals surface area contributed by atoms with Gasteiger partial charge in [-0.15, -0.1) is 0 Å². The molecule has 3 N–H and O–H groups in total. The maximum absolute atomic E-state index is 13.0. The minimum absolute atomic E-state index is 0.0231. The van der Waals surface area contributed by atoms with E-state index in [4.69, 9.17) is 15.2 Å². The van der Waals surface area contributed by atoms with E-state index in [-0.39, 0.29) is 42.9 Å². The maximum Gasteiger partial charge on any atom is 0.330 e. The van der Waals surface area contributed by atoms with Crippen LogP contribution in [0.25, 0.3) is 0 Å². The van der Waals surface area contributed by atoms with Crippen LogP contribution in [0.1, 0.15) is 13.8 Å². The molecule has 0 aliphatic rings. The number of methoxy groups -OCH3 is 1. The number of carbonyl (C=O) groups excluding carboxylic acids is 1. The van der Waals surface area contributed by atoms with Crippen molar-refractivity contribution in [2.45, 2.75) is 20.4 Å². The molecule has 1 amide bonds. The Kier molecular flexibility index (Phi) is 7.54. The van der Waals surface area contributed by atoms with E-state index in [1.54, 1.807) is 0 Å². The number of benzene rings is 1. The highest BCUT2D eigenvalue weighted by Gasteiger charge is 2.24. The predicted molar refractivity (Wildman–Crippen MR) is 107 cm³/mol. The van der Waals surface area contributed by atoms with Crippen LogP contribution in [0, 0.1) is 11.7 Å². The SMILES string of the molecule is COCCN(C(=O)COc1ccc(F)cc1)c1c(N)n(CC(C)C)c(=O)[nH]c1=O. The number of halogens is 1. The van der Waals surface area contributed by atoms with Gasteiger partial charge in [-0.25, -0.2) is 9.18 Å². The topological polar surface area (TPSA) is 120 Å². The fourth-order valence-electron chi connectivity index (χ4n) is 2.68. The third kappa shape index (κ3) is 5.67. The molecule has 10 heteroatoms. The van der Waals surface area contributed by atoms with E-state index in [0.717, 1.165) is 4.90 Å². The van der Waals surface area contributed by atoms with Crippen molar-refractivity contribution in [3.8, 4) is 5.75 Å². The number of rotatable bonds is 9. The molecule has 0 bridgehead atoms. The molecule has 9 nitrogen and oxygen atoms in total. The van der Waals surface area contributed by atoms with Crippen LogP contribution in [0.15, 0.2) is 33.9 Å². The van der Waals surface area contributed by atoms with Crippen molar-refractivity contribution >= 4 is 17.4 Å². The quantitative estimate of drug-likeness (QED) is 0.638. The Labute approximate surface area is 166 Å². The minimum Gasteiger partial charge on any atom is -0.484 e. The summed E-state index contributed by atoms with van der Waals surface area (Å²) >= 11 is 0. The molecule has 158 valence electrons. The van der Waals surface area contributed by atoms with E-state index in [2.05, 4.69) is 4.98 Å². The van der Waals surface area contributed by atoms with Gasteiger partial charge in [0.2, 0.25) is 0 Å². The Balaban J connectivity index is 2.35. The summed E-state index contributed by atoms with van der Waals surface area (Å²) in [6, 6.07) is 5.16. The van der Waals surface area contributed by atoms with Crippen LogP contribution in [-0.2, 0) is 16.1 Å². The zero-order valence-electron chi connectivity index (χ0n) is 16.6. The molecule has 2 aromatic rings. The third-order valence-electron chi connectivity index (χ3n) is 4.03. The summed E-state index contributed by atoms with van der Waals surface area (Å²) in [7, 11) is 1.45. The van der Waals surface area contributed by atoms with Gasteiger partial charge in [0.25, 0.3) is 11.5 Å². The van der Waals surface area contributed by atoms with Crippen molar-refractivity contribution < 1.29 is 18.7 Å². The second kappa shape index (κ2) is 9.87. The lowest BCUT2D eigenvalue weighted by Gasteiger charge is -2.24. The highest BCUT2D eigenvalue weighted by Crippen LogP contribution is 2.18. The van der Waals surface area contributed by atoms with Crippen molar-refractivity contribution in [2.75, 3.05) is 37.5 Å². The molecule has 1 aromatic heterocycles. The van der Waals surface area contributed by atoms with Gasteiger partial charge >= 0.3 is 5.69 Å². The molecule has 0 aliphatic heterocycles. The lowest BCUT2D eigenvalue weighted by atomic mass is 10.2. The Morgan fingerprint density at radius 2 is 1.93 bits per heavy atom. The summed E-state index contributed by atoms with van der Waals surface area (Å²) in [6.45, 7) is 3.78. The smallest absolute Gasteiger partial charge is 0.330 e. The first-order chi connectivity index (χ1) is 13.7. The predicted octanol–water partition coefficient (Wildman–Crippen LogP) is 0.972. The number of nitrogens with zero attached hydrogens (tertiary/aromatic N) is 2. The van der Waals surface area contributed by atoms with Crippen molar-refractivity contribution in [1.29, 1.82) is 0 Å². The van der Waals surface area contributed by atoms with E-state index in [9.17, 15) is 18.8 Å². The molecule has 0 unspecified atom stereocenters. The number of hydrogen-bond acceptors (Lipinski definition) is 6. The second-order valence-electron chi connectivity index (χ2n) is 6.78. The van der Waals surface area contributed by atoms with Crippen LogP contribution < -0.4 is 26.6 Å². The maximum atomic E-state index is 13.0. The van der Waals surface area contributed by atoms with Crippen LogP contribution >= 0.6 is 0 Å². The fourth-order valence-corrected chi connectivity index (χ4v) is 2.68. The van der Waals surface area contributed by atoms with E-state index in [1.807, 2.05) is 13.8 Å². The average molecular weight is 408 g/mol. The highest BCUT2D eigenvalue weighted by molar-refractivity contribution is 5.96. The van der Waals surface area contributed by atoms with Gasteiger partial charge in [0.15, 0.2) is 12.3 Å². The molecule has 29 heavy (non-hydrogen) atoms. The summed E-state index contributed by atoms with van der Waals surface area (Å²) in [5.41, 5.74) is 4.52. The van der Waals surface area contributed by atoms with Gasteiger partial charge in [-0.1, -0.05) is 13.8 Å². The zero-order chi connectivity index (χ0) is 21.6. The number of amides is 1. The number of anilines is 2. The first-order valence-electron chi connectivity index (χ1n) is 9.04. The largest absolute Gasteiger partial charge is 0.484 e. The van der Waals surface area contributed by atoms with Crippen molar-refractivity contribution in [3.05, 3.63) is 50.9 Å². The second-order valence-corrected chi connectivity index (χ2v) is 6.78. The highest BCUT2D eigenvalue weighted by atomic mass is 19.1. The van der Waals surface area contributed by atoms with E-state index < -0.39 is 29.6 Å². The van der Waals surface area contributed by atoms with Gasteiger partial charge in [0.05, 0.1) is 6.61 Å². The van der Waals surface area contributed by atoms with Crippen molar-refractivity contribution in [3.63, 3.8) is 0 Å². The first kappa shape index (κ1) is 22.2. The summed E-state index contributed by atoms with van der Waals surface area (Å²) in [5, 5.41) is 0. The molecular weight excluding hydrogens is 383 g/mol. The molecule has 0 aliphatic carbocycles. The van der Waals surface area contributed by atoms with Crippen molar-refractivity contribution in [2.24, 2.45) is 5.92 Å². The molecule has 0 radical (unpaired) electrons. The van der Waals surface area contributed by atoms with Crippen LogP contribution in [-0.4, -0.2) is 42.3 Å². The van der Waals surface area contributed by atoms with Gasteiger partial charge in [-0.2, -0.15) is 0 Å². The number of ether oxygens (including phenoxy) is 2. The van der Waals surface area contributed by atoms with Crippen molar-refractivity contribution in [1.82, 2.24) is 9.55 Å². The van der Waals surface area contributed by atoms with Crippen LogP contribution in [0.4, 0.5) is 15.9 Å². The van der Waals surface area contributed by atoms with Crippen LogP contribution in [0.2, 0.25) is 0 Å². The minimum atomic E-state index is -0.779. The monoisotopic (exact) mass is 408 g/mol. The molecule has 1 aromatic carbocycles. The lowest BCUT2D eigenvalue weighted by Crippen LogP contribution is -2.44. The average Bonchev–Trinajstić information content (AvgIpc) is 2.66. The molecule has 0 spiro atoms. The third-order valence-corrected chi connectivity index (χ3v) is 4.03. The zero-order valence-corrected chi connectivity index (χ0v) is 16.6. The number of nitrogen functional groups attached to an aromatic ring is 1. The van der Waals surface area contributed by atoms with E-state index in [0.29, 0.717) is 0 Å². The fraction of sp³-hybridized carbons (Fsp3) is 0.421. The molecule has 0 atom stereocenters. The number of H-pyrrole nitrogens is 1. The molecule has 0 saturated heterocycles. The normalized spacial score (nSPS) is 10.9. The molecule has 2 rings (SSSR count). The Morgan fingerprint density at radius 1 is 1.28 bits per heavy atom. The van der Waals surface area contributed by atoms with Gasteiger partial charge in [-0.3, -0.25) is 24.0 Å². The van der Waals surface area contributed by atoms with Gasteiger partial charge in [0, 0.05) is 20.2 Å². The number of nitrogens with two attached hydrogens (primary N) is 1. The van der Waals surface area contributed by atoms with Crippen LogP contribution in [0.3, 0.4) is 0 Å². The summed E-state index contributed by atoms with van der Waals surface area (Å²) in [5.74, 6) is -0.745. The number of aromatic amines is 1. The number of hydrogen-bond donors (Lipinski definition) is 2. The Morgan fingerprint density at radius 3 is 2.52 bits per heavy atom. The number of carbonyl (C=O) groups is 1. The molecule has 0 saturated carbocycles. The molecular formula is C19H25FN4O5. The molecule has 1 heterocycles. The summed E-state index contributed by atoms with van der Waals surface area (Å²) < 4.78 is 24.6. The Bertz CT molecular complexity index is 953. The van der Waals surface area contributed by atoms with E-state index in [1.165, 1.54) is 35.9 Å². The first-order valence-corrected chi connectivity index (χ1v) is 9.04. The number of nitrogens with one attached hydrogen (secondary N) is 1. The van der Waals surface area contributed by atoms with Gasteiger partial charge in [-0.05, 0) is 30.2 Å². The summed E-state index contributed by atoms with van der Waals surface area (Å²) in [6.07, 6.45) is 0.